The quantitative estimate of drug-likeness (QED) is 0.813. The zero-order valence-electron chi connectivity index (χ0n) is 13.9. The number of nitrogens with zero attached hydrogens (tertiary/aromatic N) is 1. The van der Waals surface area contributed by atoms with Gasteiger partial charge in [-0.3, -0.25) is 4.79 Å². The molecule has 0 fully saturated rings. The molecule has 2 N–H and O–H groups in total. The summed E-state index contributed by atoms with van der Waals surface area (Å²) in [6.07, 6.45) is 0.428. The Balaban J connectivity index is 1.80. The summed E-state index contributed by atoms with van der Waals surface area (Å²) < 4.78 is 5.56. The van der Waals surface area contributed by atoms with Crippen molar-refractivity contribution in [2.24, 2.45) is 0 Å². The van der Waals surface area contributed by atoms with Crippen LogP contribution in [0.5, 0.6) is 5.75 Å². The summed E-state index contributed by atoms with van der Waals surface area (Å²) in [6.45, 7) is 4.39. The average molecular weight is 323 g/mol. The zero-order chi connectivity index (χ0) is 17.4. The Morgan fingerprint density at radius 3 is 2.54 bits per heavy atom. The molecule has 124 valence electrons. The number of hydrogen-bond acceptors (Lipinski definition) is 4. The van der Waals surface area contributed by atoms with E-state index in [0.717, 1.165) is 17.1 Å². The molecule has 0 unspecified atom stereocenters. The molecule has 0 spiro atoms. The standard InChI is InChI=1S/C19H21N3O2/c1-14(2)24-17-9-7-16(8-10-17)22-19(23)11-12-21-18-6-4-3-5-15(18)13-20/h3-10,14,21H,11-12H2,1-2H3,(H,22,23). The van der Waals surface area contributed by atoms with E-state index in [9.17, 15) is 4.79 Å². The SMILES string of the molecule is CC(C)Oc1ccc(NC(=O)CCNc2ccccc2C#N)cc1. The van der Waals surface area contributed by atoms with Crippen LogP contribution in [0, 0.1) is 11.3 Å². The van der Waals surface area contributed by atoms with Gasteiger partial charge in [0, 0.05) is 18.7 Å². The van der Waals surface area contributed by atoms with Crippen LogP contribution in [0.4, 0.5) is 11.4 Å². The Hall–Kier alpha value is -3.00. The second kappa shape index (κ2) is 8.59. The number of carbonyl (C=O) groups excluding carboxylic acids is 1. The van der Waals surface area contributed by atoms with E-state index in [1.165, 1.54) is 0 Å². The highest BCUT2D eigenvalue weighted by molar-refractivity contribution is 5.91. The van der Waals surface area contributed by atoms with E-state index in [4.69, 9.17) is 10.00 Å². The van der Waals surface area contributed by atoms with Gasteiger partial charge in [0.2, 0.25) is 5.91 Å². The van der Waals surface area contributed by atoms with Crippen molar-refractivity contribution in [3.8, 4) is 11.8 Å². The number of nitriles is 1. The molecule has 2 aromatic carbocycles. The molecule has 2 aromatic rings. The van der Waals surface area contributed by atoms with Crippen molar-refractivity contribution < 1.29 is 9.53 Å². The van der Waals surface area contributed by atoms with Gasteiger partial charge in [-0.05, 0) is 50.2 Å². The van der Waals surface area contributed by atoms with Crippen LogP contribution in [0.3, 0.4) is 0 Å². The predicted molar refractivity (Wildman–Crippen MR) is 95.1 cm³/mol. The highest BCUT2D eigenvalue weighted by Crippen LogP contribution is 2.17. The molecule has 5 nitrogen and oxygen atoms in total. The lowest BCUT2D eigenvalue weighted by Crippen LogP contribution is -2.16. The Labute approximate surface area is 142 Å². The van der Waals surface area contributed by atoms with Gasteiger partial charge in [-0.1, -0.05) is 12.1 Å². The van der Waals surface area contributed by atoms with E-state index in [2.05, 4.69) is 16.7 Å². The van der Waals surface area contributed by atoms with E-state index < -0.39 is 0 Å². The van der Waals surface area contributed by atoms with E-state index in [0.29, 0.717) is 18.5 Å². The Morgan fingerprint density at radius 2 is 1.88 bits per heavy atom. The summed E-state index contributed by atoms with van der Waals surface area (Å²) in [5.41, 5.74) is 2.04. The smallest absolute Gasteiger partial charge is 0.226 e. The molecular weight excluding hydrogens is 302 g/mol. The lowest BCUT2D eigenvalue weighted by Gasteiger charge is -2.11. The van der Waals surface area contributed by atoms with Gasteiger partial charge in [-0.2, -0.15) is 5.26 Å². The van der Waals surface area contributed by atoms with Crippen molar-refractivity contribution >= 4 is 17.3 Å². The van der Waals surface area contributed by atoms with Gasteiger partial charge in [0.05, 0.1) is 17.4 Å². The molecule has 5 heteroatoms. The normalized spacial score (nSPS) is 10.1. The second-order valence-corrected chi connectivity index (χ2v) is 5.57. The van der Waals surface area contributed by atoms with Crippen molar-refractivity contribution in [1.82, 2.24) is 0 Å². The molecule has 2 rings (SSSR count). The number of hydrogen-bond donors (Lipinski definition) is 2. The molecule has 0 aliphatic carbocycles. The van der Waals surface area contributed by atoms with E-state index in [1.54, 1.807) is 6.07 Å². The minimum Gasteiger partial charge on any atom is -0.491 e. The number of ether oxygens (including phenoxy) is 1. The van der Waals surface area contributed by atoms with Crippen molar-refractivity contribution in [2.75, 3.05) is 17.2 Å². The van der Waals surface area contributed by atoms with Crippen LogP contribution in [-0.4, -0.2) is 18.6 Å². The number of carbonyl (C=O) groups is 1. The first-order chi connectivity index (χ1) is 11.6. The average Bonchev–Trinajstić information content (AvgIpc) is 2.56. The maximum atomic E-state index is 12.0. The third-order valence-corrected chi connectivity index (χ3v) is 3.22. The second-order valence-electron chi connectivity index (χ2n) is 5.57. The van der Waals surface area contributed by atoms with Crippen LogP contribution in [0.2, 0.25) is 0 Å². The molecule has 0 aliphatic rings. The Kier molecular flexibility index (Phi) is 6.21. The third-order valence-electron chi connectivity index (χ3n) is 3.22. The van der Waals surface area contributed by atoms with Crippen molar-refractivity contribution in [2.45, 2.75) is 26.4 Å². The lowest BCUT2D eigenvalue weighted by atomic mass is 10.2. The highest BCUT2D eigenvalue weighted by Gasteiger charge is 2.05. The Bertz CT molecular complexity index is 718. The summed E-state index contributed by atoms with van der Waals surface area (Å²) in [5.74, 6) is 0.687. The largest absolute Gasteiger partial charge is 0.491 e. The first-order valence-electron chi connectivity index (χ1n) is 7.88. The van der Waals surface area contributed by atoms with Crippen LogP contribution < -0.4 is 15.4 Å². The van der Waals surface area contributed by atoms with Gasteiger partial charge in [0.15, 0.2) is 0 Å². The first kappa shape index (κ1) is 17.4. The fraction of sp³-hybridized carbons (Fsp3) is 0.263. The first-order valence-corrected chi connectivity index (χ1v) is 7.88. The van der Waals surface area contributed by atoms with Gasteiger partial charge in [0.25, 0.3) is 0 Å². The minimum absolute atomic E-state index is 0.0885. The molecular formula is C19H21N3O2. The molecule has 0 saturated carbocycles. The van der Waals surface area contributed by atoms with E-state index >= 15 is 0 Å². The highest BCUT2D eigenvalue weighted by atomic mass is 16.5. The van der Waals surface area contributed by atoms with Gasteiger partial charge >= 0.3 is 0 Å². The summed E-state index contributed by atoms with van der Waals surface area (Å²) in [5, 5.41) is 15.0. The monoisotopic (exact) mass is 323 g/mol. The van der Waals surface area contributed by atoms with Crippen LogP contribution in [0.1, 0.15) is 25.8 Å². The number of nitrogens with one attached hydrogen (secondary N) is 2. The molecule has 0 heterocycles. The van der Waals surface area contributed by atoms with E-state index in [1.807, 2.05) is 56.3 Å². The molecule has 0 saturated heterocycles. The molecule has 24 heavy (non-hydrogen) atoms. The fourth-order valence-electron chi connectivity index (χ4n) is 2.16. The molecule has 1 amide bonds. The molecule has 0 aliphatic heterocycles. The number of amides is 1. The summed E-state index contributed by atoms with van der Waals surface area (Å²) >= 11 is 0. The number of benzene rings is 2. The van der Waals surface area contributed by atoms with Crippen molar-refractivity contribution in [3.63, 3.8) is 0 Å². The number of anilines is 2. The van der Waals surface area contributed by atoms with Gasteiger partial charge in [-0.25, -0.2) is 0 Å². The summed E-state index contributed by atoms with van der Waals surface area (Å²) in [6, 6.07) is 16.6. The number of rotatable bonds is 7. The molecule has 0 bridgehead atoms. The summed E-state index contributed by atoms with van der Waals surface area (Å²) in [4.78, 5) is 12.0. The number of para-hydroxylation sites is 1. The molecule has 0 radical (unpaired) electrons. The van der Waals surface area contributed by atoms with Crippen LogP contribution >= 0.6 is 0 Å². The molecule has 0 atom stereocenters. The predicted octanol–water partition coefficient (Wildman–Crippen LogP) is 3.79. The zero-order valence-corrected chi connectivity index (χ0v) is 13.9. The summed E-state index contributed by atoms with van der Waals surface area (Å²) in [7, 11) is 0. The topological polar surface area (TPSA) is 74.2 Å². The maximum absolute atomic E-state index is 12.0. The Morgan fingerprint density at radius 1 is 1.17 bits per heavy atom. The van der Waals surface area contributed by atoms with Gasteiger partial charge < -0.3 is 15.4 Å². The van der Waals surface area contributed by atoms with Crippen LogP contribution in [0.25, 0.3) is 0 Å². The van der Waals surface area contributed by atoms with Gasteiger partial charge in [-0.15, -0.1) is 0 Å². The lowest BCUT2D eigenvalue weighted by molar-refractivity contribution is -0.115. The molecule has 0 aromatic heterocycles. The third kappa shape index (κ3) is 5.33. The maximum Gasteiger partial charge on any atom is 0.226 e. The van der Waals surface area contributed by atoms with Crippen LogP contribution in [0.15, 0.2) is 48.5 Å². The van der Waals surface area contributed by atoms with E-state index in [-0.39, 0.29) is 12.0 Å². The van der Waals surface area contributed by atoms with Crippen molar-refractivity contribution in [3.05, 3.63) is 54.1 Å². The van der Waals surface area contributed by atoms with Crippen molar-refractivity contribution in [1.29, 1.82) is 5.26 Å². The fourth-order valence-corrected chi connectivity index (χ4v) is 2.16. The van der Waals surface area contributed by atoms with Crippen LogP contribution in [-0.2, 0) is 4.79 Å². The minimum atomic E-state index is -0.0885. The van der Waals surface area contributed by atoms with Gasteiger partial charge in [0.1, 0.15) is 11.8 Å².